The zero-order valence-electron chi connectivity index (χ0n) is 17.7. The molecule has 1 saturated heterocycles. The summed E-state index contributed by atoms with van der Waals surface area (Å²) < 4.78 is 0. The van der Waals surface area contributed by atoms with Crippen molar-refractivity contribution in [3.05, 3.63) is 59.2 Å². The van der Waals surface area contributed by atoms with Crippen molar-refractivity contribution in [3.8, 4) is 0 Å². The number of anilines is 1. The molecular formula is C24H29N3O2S. The largest absolute Gasteiger partial charge is 0.351 e. The lowest BCUT2D eigenvalue weighted by Gasteiger charge is -2.44. The third kappa shape index (κ3) is 4.06. The number of carbonyl (C=O) groups excluding carboxylic acids is 2. The molecule has 30 heavy (non-hydrogen) atoms. The normalized spacial score (nSPS) is 18.5. The average Bonchev–Trinajstić information content (AvgIpc) is 3.04. The lowest BCUT2D eigenvalue weighted by Crippen LogP contribution is -2.55. The Morgan fingerprint density at radius 1 is 1.13 bits per heavy atom. The molecule has 2 aliphatic rings. The molecule has 6 heteroatoms. The van der Waals surface area contributed by atoms with Gasteiger partial charge in [-0.1, -0.05) is 18.6 Å². The van der Waals surface area contributed by atoms with Gasteiger partial charge in [-0.3, -0.25) is 9.59 Å². The van der Waals surface area contributed by atoms with Gasteiger partial charge in [0.2, 0.25) is 0 Å². The van der Waals surface area contributed by atoms with Gasteiger partial charge >= 0.3 is 0 Å². The van der Waals surface area contributed by atoms with Crippen LogP contribution in [0.3, 0.4) is 0 Å². The minimum absolute atomic E-state index is 0.0995. The molecule has 1 N–H and O–H groups in total. The van der Waals surface area contributed by atoms with E-state index < -0.39 is 0 Å². The summed E-state index contributed by atoms with van der Waals surface area (Å²) >= 11 is 1.70. The topological polar surface area (TPSA) is 52.7 Å². The minimum atomic E-state index is -0.112. The zero-order valence-corrected chi connectivity index (χ0v) is 18.5. The smallest absolute Gasteiger partial charge is 0.257 e. The highest BCUT2D eigenvalue weighted by Crippen LogP contribution is 2.35. The second-order valence-corrected chi connectivity index (χ2v) is 8.76. The number of hydrogen-bond acceptors (Lipinski definition) is 4. The highest BCUT2D eigenvalue weighted by molar-refractivity contribution is 7.98. The van der Waals surface area contributed by atoms with Crippen LogP contribution >= 0.6 is 11.8 Å². The number of rotatable bonds is 5. The van der Waals surface area contributed by atoms with Crippen molar-refractivity contribution < 1.29 is 9.59 Å². The summed E-state index contributed by atoms with van der Waals surface area (Å²) in [5.41, 5.74) is 3.27. The maximum Gasteiger partial charge on any atom is 0.257 e. The maximum absolute atomic E-state index is 13.1. The summed E-state index contributed by atoms with van der Waals surface area (Å²) in [6, 6.07) is 13.7. The predicted molar refractivity (Wildman–Crippen MR) is 122 cm³/mol. The summed E-state index contributed by atoms with van der Waals surface area (Å²) in [5, 5.41) is 3.01. The molecule has 5 nitrogen and oxygen atoms in total. The van der Waals surface area contributed by atoms with Crippen LogP contribution in [0.5, 0.6) is 0 Å². The molecule has 1 atom stereocenters. The van der Waals surface area contributed by atoms with Gasteiger partial charge < -0.3 is 15.1 Å². The molecule has 2 amide bonds. The lowest BCUT2D eigenvalue weighted by atomic mass is 10.0. The molecule has 1 unspecified atom stereocenters. The Bertz CT molecular complexity index is 929. The van der Waals surface area contributed by atoms with Crippen LogP contribution in [0.25, 0.3) is 0 Å². The van der Waals surface area contributed by atoms with Crippen LogP contribution in [0.15, 0.2) is 47.4 Å². The van der Waals surface area contributed by atoms with E-state index in [4.69, 9.17) is 0 Å². The highest BCUT2D eigenvalue weighted by atomic mass is 32.2. The summed E-state index contributed by atoms with van der Waals surface area (Å²) in [6.45, 7) is 4.23. The van der Waals surface area contributed by atoms with Crippen LogP contribution in [0.1, 0.15) is 58.9 Å². The fourth-order valence-corrected chi connectivity index (χ4v) is 4.88. The molecule has 0 radical (unpaired) electrons. The Balaban J connectivity index is 1.54. The first-order valence-corrected chi connectivity index (χ1v) is 12.0. The number of carbonyl (C=O) groups is 2. The first-order chi connectivity index (χ1) is 14.6. The number of nitrogens with one attached hydrogen (secondary N) is 1. The molecule has 158 valence electrons. The Hall–Kier alpha value is -2.47. The Morgan fingerprint density at radius 3 is 2.67 bits per heavy atom. The molecule has 4 rings (SSSR count). The molecule has 0 bridgehead atoms. The van der Waals surface area contributed by atoms with Gasteiger partial charge in [0.05, 0.1) is 11.3 Å². The molecule has 2 aliphatic heterocycles. The van der Waals surface area contributed by atoms with Crippen LogP contribution in [-0.4, -0.2) is 42.2 Å². The molecular weight excluding hydrogens is 394 g/mol. The van der Waals surface area contributed by atoms with Crippen molar-refractivity contribution in [1.29, 1.82) is 0 Å². The molecule has 0 aliphatic carbocycles. The fraction of sp³-hybridized carbons (Fsp3) is 0.417. The molecule has 0 spiro atoms. The third-order valence-corrected chi connectivity index (χ3v) is 6.84. The standard InChI is InChI=1S/C24H29N3O2S/c1-3-26-21-15-18(23(28)25-16-17-8-11-19(30-2)12-9-17)10-13-20(21)24(29)27-14-6-4-5-7-22(26)27/h8-13,15,22H,3-7,14,16H2,1-2H3,(H,25,28). The van der Waals surface area contributed by atoms with Crippen molar-refractivity contribution in [3.63, 3.8) is 0 Å². The van der Waals surface area contributed by atoms with Crippen LogP contribution in [0, 0.1) is 0 Å². The first-order valence-electron chi connectivity index (χ1n) is 10.7. The monoisotopic (exact) mass is 423 g/mol. The third-order valence-electron chi connectivity index (χ3n) is 6.09. The van der Waals surface area contributed by atoms with Gasteiger partial charge in [-0.05, 0) is 68.3 Å². The highest BCUT2D eigenvalue weighted by Gasteiger charge is 2.37. The Labute approximate surface area is 182 Å². The second kappa shape index (κ2) is 9.13. The first kappa shape index (κ1) is 20.8. The van der Waals surface area contributed by atoms with E-state index >= 15 is 0 Å². The Morgan fingerprint density at radius 2 is 1.93 bits per heavy atom. The maximum atomic E-state index is 13.1. The van der Waals surface area contributed by atoms with Crippen LogP contribution in [0.4, 0.5) is 5.69 Å². The molecule has 1 fully saturated rings. The summed E-state index contributed by atoms with van der Waals surface area (Å²) in [7, 11) is 0. The number of fused-ring (bicyclic) bond motifs is 2. The fourth-order valence-electron chi connectivity index (χ4n) is 4.47. The van der Waals surface area contributed by atoms with Crippen LogP contribution in [-0.2, 0) is 6.54 Å². The number of nitrogens with zero attached hydrogens (tertiary/aromatic N) is 2. The summed E-state index contributed by atoms with van der Waals surface area (Å²) in [5.74, 6) is -0.0130. The van der Waals surface area contributed by atoms with E-state index in [1.165, 1.54) is 11.3 Å². The van der Waals surface area contributed by atoms with Gasteiger partial charge in [0, 0.05) is 30.1 Å². The van der Waals surface area contributed by atoms with E-state index in [-0.39, 0.29) is 18.0 Å². The van der Waals surface area contributed by atoms with Crippen molar-refractivity contribution in [2.45, 2.75) is 50.2 Å². The average molecular weight is 424 g/mol. The zero-order chi connectivity index (χ0) is 21.1. The van der Waals surface area contributed by atoms with E-state index in [0.29, 0.717) is 17.7 Å². The molecule has 0 saturated carbocycles. The number of hydrogen-bond donors (Lipinski definition) is 1. The lowest BCUT2D eigenvalue weighted by molar-refractivity contribution is 0.0656. The summed E-state index contributed by atoms with van der Waals surface area (Å²) in [4.78, 5) is 31.4. The predicted octanol–water partition coefficient (Wildman–Crippen LogP) is 4.52. The molecule has 0 aromatic heterocycles. The number of amides is 2. The van der Waals surface area contributed by atoms with Crippen molar-refractivity contribution in [1.82, 2.24) is 10.2 Å². The van der Waals surface area contributed by atoms with Crippen molar-refractivity contribution >= 4 is 29.3 Å². The van der Waals surface area contributed by atoms with Gasteiger partial charge in [0.15, 0.2) is 0 Å². The van der Waals surface area contributed by atoms with Gasteiger partial charge in [-0.2, -0.15) is 0 Å². The van der Waals surface area contributed by atoms with Gasteiger partial charge in [-0.15, -0.1) is 11.8 Å². The quantitative estimate of drug-likeness (QED) is 0.719. The van der Waals surface area contributed by atoms with Crippen molar-refractivity contribution in [2.75, 3.05) is 24.2 Å². The van der Waals surface area contributed by atoms with E-state index in [2.05, 4.69) is 29.3 Å². The van der Waals surface area contributed by atoms with Crippen molar-refractivity contribution in [2.24, 2.45) is 0 Å². The number of benzene rings is 2. The van der Waals surface area contributed by atoms with Gasteiger partial charge in [0.1, 0.15) is 6.17 Å². The summed E-state index contributed by atoms with van der Waals surface area (Å²) in [6.07, 6.45) is 6.50. The second-order valence-electron chi connectivity index (χ2n) is 7.88. The van der Waals surface area contributed by atoms with E-state index in [0.717, 1.165) is 43.6 Å². The molecule has 2 heterocycles. The van der Waals surface area contributed by atoms with E-state index in [1.54, 1.807) is 17.8 Å². The molecule has 2 aromatic carbocycles. The molecule has 2 aromatic rings. The van der Waals surface area contributed by atoms with E-state index in [9.17, 15) is 9.59 Å². The number of thioether (sulfide) groups is 1. The SMILES string of the molecule is CCN1c2cc(C(=O)NCc3ccc(SC)cc3)ccc2C(=O)N2CCCCCC21. The minimum Gasteiger partial charge on any atom is -0.351 e. The van der Waals surface area contributed by atoms with Crippen LogP contribution < -0.4 is 10.2 Å². The van der Waals surface area contributed by atoms with E-state index in [1.807, 2.05) is 35.4 Å². The van der Waals surface area contributed by atoms with Crippen LogP contribution in [0.2, 0.25) is 0 Å². The Kier molecular flexibility index (Phi) is 6.32. The van der Waals surface area contributed by atoms with Gasteiger partial charge in [0.25, 0.3) is 11.8 Å². The van der Waals surface area contributed by atoms with Gasteiger partial charge in [-0.25, -0.2) is 0 Å².